The summed E-state index contributed by atoms with van der Waals surface area (Å²) in [6.07, 6.45) is 4.82. The molecule has 0 N–H and O–H groups in total. The largest absolute Gasteiger partial charge is 0.298 e. The molecule has 0 amide bonds. The molecule has 2 heterocycles. The molecule has 2 aromatic heterocycles. The van der Waals surface area contributed by atoms with Crippen molar-refractivity contribution in [1.29, 1.82) is 0 Å². The summed E-state index contributed by atoms with van der Waals surface area (Å²) < 4.78 is 0. The van der Waals surface area contributed by atoms with Gasteiger partial charge in [-0.1, -0.05) is 18.7 Å². The van der Waals surface area contributed by atoms with Crippen molar-refractivity contribution in [3.8, 4) is 0 Å². The van der Waals surface area contributed by atoms with Crippen molar-refractivity contribution in [3.63, 3.8) is 0 Å². The van der Waals surface area contributed by atoms with Gasteiger partial charge in [0.15, 0.2) is 11.6 Å². The van der Waals surface area contributed by atoms with Gasteiger partial charge in [0.25, 0.3) is 0 Å². The van der Waals surface area contributed by atoms with E-state index in [4.69, 9.17) is 0 Å². The average molecular weight is 334 g/mol. The number of carbonyl (C=O) groups is 2. The van der Waals surface area contributed by atoms with Crippen molar-refractivity contribution in [1.82, 2.24) is 9.97 Å². The lowest BCUT2D eigenvalue weighted by atomic mass is 9.89. The maximum atomic E-state index is 11.7. The number of aryl methyl sites for hydroxylation is 1. The van der Waals surface area contributed by atoms with E-state index in [1.54, 1.807) is 11.3 Å². The summed E-state index contributed by atoms with van der Waals surface area (Å²) in [6, 6.07) is 0. The molecule has 0 saturated carbocycles. The van der Waals surface area contributed by atoms with Crippen LogP contribution in [-0.2, 0) is 22.4 Å². The molecular formula is C16H18N2O2S2. The fourth-order valence-corrected chi connectivity index (χ4v) is 5.32. The van der Waals surface area contributed by atoms with Gasteiger partial charge in [-0.2, -0.15) is 0 Å². The Morgan fingerprint density at radius 1 is 1.32 bits per heavy atom. The number of nitrogens with zero attached hydrogens (tertiary/aromatic N) is 2. The molecule has 0 saturated heterocycles. The second kappa shape index (κ2) is 6.08. The van der Waals surface area contributed by atoms with Gasteiger partial charge >= 0.3 is 0 Å². The molecule has 1 atom stereocenters. The monoisotopic (exact) mass is 334 g/mol. The zero-order valence-corrected chi connectivity index (χ0v) is 14.5. The topological polar surface area (TPSA) is 59.9 Å². The van der Waals surface area contributed by atoms with Crippen LogP contribution < -0.4 is 0 Å². The number of fused-ring (bicyclic) bond motifs is 3. The fourth-order valence-electron chi connectivity index (χ4n) is 2.90. The third-order valence-corrected chi connectivity index (χ3v) is 6.62. The van der Waals surface area contributed by atoms with Crippen LogP contribution in [0.5, 0.6) is 0 Å². The molecular weight excluding hydrogens is 316 g/mol. The van der Waals surface area contributed by atoms with Gasteiger partial charge in [-0.05, 0) is 44.6 Å². The van der Waals surface area contributed by atoms with Gasteiger partial charge in [0, 0.05) is 10.3 Å². The second-order valence-corrected chi connectivity index (χ2v) is 8.11. The first-order valence-electron chi connectivity index (χ1n) is 7.40. The number of rotatable bonds is 4. The van der Waals surface area contributed by atoms with E-state index in [9.17, 15) is 9.59 Å². The van der Waals surface area contributed by atoms with Gasteiger partial charge in [0.05, 0.1) is 0 Å². The van der Waals surface area contributed by atoms with Crippen LogP contribution in [0, 0.1) is 5.92 Å². The highest BCUT2D eigenvalue weighted by Crippen LogP contribution is 2.41. The average Bonchev–Trinajstić information content (AvgIpc) is 2.81. The smallest absolute Gasteiger partial charge is 0.150 e. The highest BCUT2D eigenvalue weighted by molar-refractivity contribution is 8.01. The van der Waals surface area contributed by atoms with Gasteiger partial charge in [0.2, 0.25) is 0 Å². The summed E-state index contributed by atoms with van der Waals surface area (Å²) in [5, 5.41) is 1.16. The molecule has 1 unspecified atom stereocenters. The predicted molar refractivity (Wildman–Crippen MR) is 89.6 cm³/mol. The summed E-state index contributed by atoms with van der Waals surface area (Å²) in [7, 11) is 0. The highest BCUT2D eigenvalue weighted by atomic mass is 32.2. The maximum Gasteiger partial charge on any atom is 0.150 e. The van der Waals surface area contributed by atoms with Crippen LogP contribution in [0.1, 0.15) is 37.6 Å². The quantitative estimate of drug-likeness (QED) is 0.487. The van der Waals surface area contributed by atoms with Crippen molar-refractivity contribution < 1.29 is 9.59 Å². The first kappa shape index (κ1) is 15.6. The van der Waals surface area contributed by atoms with E-state index in [1.807, 2.05) is 0 Å². The summed E-state index contributed by atoms with van der Waals surface area (Å²) in [5.41, 5.74) is 1.33. The van der Waals surface area contributed by atoms with Crippen molar-refractivity contribution in [3.05, 3.63) is 16.8 Å². The fraction of sp³-hybridized carbons (Fsp3) is 0.500. The first-order valence-corrected chi connectivity index (χ1v) is 9.09. The van der Waals surface area contributed by atoms with Gasteiger partial charge in [-0.15, -0.1) is 11.3 Å². The van der Waals surface area contributed by atoms with Crippen LogP contribution in [0.3, 0.4) is 0 Å². The Morgan fingerprint density at radius 2 is 2.05 bits per heavy atom. The van der Waals surface area contributed by atoms with E-state index in [0.717, 1.165) is 28.1 Å². The van der Waals surface area contributed by atoms with Gasteiger partial charge in [-0.25, -0.2) is 9.97 Å². The molecule has 116 valence electrons. The third kappa shape index (κ3) is 2.82. The van der Waals surface area contributed by atoms with Crippen LogP contribution in [0.4, 0.5) is 0 Å². The van der Waals surface area contributed by atoms with Crippen LogP contribution in [-0.4, -0.2) is 26.8 Å². The summed E-state index contributed by atoms with van der Waals surface area (Å²) in [4.78, 5) is 34.5. The van der Waals surface area contributed by atoms with Crippen molar-refractivity contribution in [2.75, 3.05) is 0 Å². The van der Waals surface area contributed by atoms with Crippen molar-refractivity contribution in [2.45, 2.75) is 50.3 Å². The second-order valence-electron chi connectivity index (χ2n) is 5.93. The Kier molecular flexibility index (Phi) is 4.32. The van der Waals surface area contributed by atoms with Gasteiger partial charge in [0.1, 0.15) is 21.4 Å². The third-order valence-electron chi connectivity index (χ3n) is 4.02. The van der Waals surface area contributed by atoms with E-state index in [2.05, 4.69) is 16.9 Å². The number of thiophene rings is 1. The van der Waals surface area contributed by atoms with Crippen LogP contribution in [0.2, 0.25) is 0 Å². The molecule has 22 heavy (non-hydrogen) atoms. The summed E-state index contributed by atoms with van der Waals surface area (Å²) >= 11 is 3.00. The number of hydrogen-bond donors (Lipinski definition) is 0. The van der Waals surface area contributed by atoms with Crippen molar-refractivity contribution >= 4 is 44.9 Å². The highest BCUT2D eigenvalue weighted by Gasteiger charge is 2.27. The zero-order valence-electron chi connectivity index (χ0n) is 12.9. The van der Waals surface area contributed by atoms with E-state index in [1.165, 1.54) is 48.8 Å². The minimum Gasteiger partial charge on any atom is -0.298 e. The van der Waals surface area contributed by atoms with E-state index in [-0.39, 0.29) is 11.6 Å². The normalized spacial score (nSPS) is 17.7. The number of carbonyl (C=O) groups excluding carboxylic acids is 2. The molecule has 6 heteroatoms. The van der Waals surface area contributed by atoms with Crippen LogP contribution in [0.15, 0.2) is 11.4 Å². The molecule has 0 fully saturated rings. The van der Waals surface area contributed by atoms with Gasteiger partial charge < -0.3 is 0 Å². The molecule has 0 spiro atoms. The molecule has 0 aliphatic heterocycles. The number of hydrogen-bond acceptors (Lipinski definition) is 6. The molecule has 0 aromatic carbocycles. The molecule has 0 radical (unpaired) electrons. The molecule has 3 rings (SSSR count). The van der Waals surface area contributed by atoms with E-state index >= 15 is 0 Å². The molecule has 1 aliphatic carbocycles. The first-order chi connectivity index (χ1) is 10.5. The summed E-state index contributed by atoms with van der Waals surface area (Å²) in [6.45, 7) is 5.20. The SMILES string of the molecule is CC(=O)C(Sc1ncnc2sc3c(c12)CCC(C)C3)C(C)=O. The van der Waals surface area contributed by atoms with Crippen LogP contribution in [0.25, 0.3) is 10.2 Å². The number of Topliss-reactive ketones (excluding diaryl/α,β-unsaturated/α-hetero) is 2. The Morgan fingerprint density at radius 3 is 2.73 bits per heavy atom. The summed E-state index contributed by atoms with van der Waals surface area (Å²) in [5.74, 6) is 0.454. The Labute approximate surface area is 137 Å². The molecule has 2 aromatic rings. The Bertz CT molecular complexity index is 740. The number of aromatic nitrogens is 2. The lowest BCUT2D eigenvalue weighted by molar-refractivity contribution is -0.123. The lowest BCUT2D eigenvalue weighted by Gasteiger charge is -2.18. The standard InChI is InChI=1S/C16H18N2O2S2/c1-8-4-5-11-12(6-8)21-15-13(11)16(18-7-17-15)22-14(9(2)19)10(3)20/h7-8,14H,4-6H2,1-3H3. The predicted octanol–water partition coefficient (Wildman–Crippen LogP) is 3.45. The molecule has 4 nitrogen and oxygen atoms in total. The molecule has 1 aliphatic rings. The number of thioether (sulfide) groups is 1. The molecule has 0 bridgehead atoms. The lowest BCUT2D eigenvalue weighted by Crippen LogP contribution is -2.22. The van der Waals surface area contributed by atoms with Crippen molar-refractivity contribution in [2.24, 2.45) is 5.92 Å². The van der Waals surface area contributed by atoms with E-state index in [0.29, 0.717) is 5.92 Å². The minimum atomic E-state index is -0.670. The maximum absolute atomic E-state index is 11.7. The Balaban J connectivity index is 2.07. The zero-order chi connectivity index (χ0) is 15.9. The number of ketones is 2. The van der Waals surface area contributed by atoms with Gasteiger partial charge in [-0.3, -0.25) is 9.59 Å². The van der Waals surface area contributed by atoms with Crippen LogP contribution >= 0.6 is 23.1 Å². The van der Waals surface area contributed by atoms with E-state index < -0.39 is 5.25 Å². The minimum absolute atomic E-state index is 0.123. The Hall–Kier alpha value is -1.27.